The second-order valence-electron chi connectivity index (χ2n) is 3.68. The third kappa shape index (κ3) is 4.64. The van der Waals surface area contributed by atoms with Crippen LogP contribution in [0.25, 0.3) is 0 Å². The number of benzene rings is 1. The minimum atomic E-state index is -0.409. The lowest BCUT2D eigenvalue weighted by Gasteiger charge is -2.04. The zero-order chi connectivity index (χ0) is 14.4. The first-order chi connectivity index (χ1) is 9.63. The molecule has 0 fully saturated rings. The quantitative estimate of drug-likeness (QED) is 0.681. The van der Waals surface area contributed by atoms with Crippen LogP contribution in [0.4, 0.5) is 4.39 Å². The maximum absolute atomic E-state index is 12.7. The third-order valence-electron chi connectivity index (χ3n) is 2.16. The van der Waals surface area contributed by atoms with Crippen LogP contribution < -0.4 is 10.2 Å². The number of carbonyl (C=O) groups is 1. The van der Waals surface area contributed by atoms with Crippen LogP contribution in [-0.4, -0.2) is 18.7 Å². The summed E-state index contributed by atoms with van der Waals surface area (Å²) in [6.07, 6.45) is 1.37. The van der Waals surface area contributed by atoms with Crippen molar-refractivity contribution in [3.8, 4) is 5.75 Å². The lowest BCUT2D eigenvalue weighted by atomic mass is 10.3. The van der Waals surface area contributed by atoms with Crippen molar-refractivity contribution in [1.82, 2.24) is 5.43 Å². The molecule has 1 amide bonds. The maximum Gasteiger partial charge on any atom is 0.277 e. The topological polar surface area (TPSA) is 50.7 Å². The van der Waals surface area contributed by atoms with E-state index in [0.717, 1.165) is 11.3 Å². The second kappa shape index (κ2) is 7.02. The SMILES string of the molecule is O=C(COc1ccc(Cl)cc1)N/N=C/c1ccc(F)s1. The molecule has 0 atom stereocenters. The zero-order valence-corrected chi connectivity index (χ0v) is 11.7. The minimum absolute atomic E-state index is 0.169. The number of rotatable bonds is 5. The van der Waals surface area contributed by atoms with Crippen LogP contribution in [0, 0.1) is 5.13 Å². The summed E-state index contributed by atoms with van der Waals surface area (Å²) in [6.45, 7) is -0.169. The van der Waals surface area contributed by atoms with Crippen molar-refractivity contribution in [1.29, 1.82) is 0 Å². The van der Waals surface area contributed by atoms with E-state index >= 15 is 0 Å². The largest absolute Gasteiger partial charge is 0.484 e. The number of hydrogen-bond acceptors (Lipinski definition) is 4. The molecule has 1 N–H and O–H groups in total. The highest BCUT2D eigenvalue weighted by molar-refractivity contribution is 7.12. The van der Waals surface area contributed by atoms with Gasteiger partial charge in [-0.3, -0.25) is 4.79 Å². The smallest absolute Gasteiger partial charge is 0.277 e. The molecule has 104 valence electrons. The molecule has 0 saturated heterocycles. The third-order valence-corrected chi connectivity index (χ3v) is 3.22. The van der Waals surface area contributed by atoms with Gasteiger partial charge in [0.15, 0.2) is 11.7 Å². The van der Waals surface area contributed by atoms with Gasteiger partial charge in [0.25, 0.3) is 5.91 Å². The van der Waals surface area contributed by atoms with Crippen LogP contribution in [0.3, 0.4) is 0 Å². The summed E-state index contributed by atoms with van der Waals surface area (Å²) >= 11 is 6.66. The van der Waals surface area contributed by atoms with E-state index in [1.165, 1.54) is 12.3 Å². The van der Waals surface area contributed by atoms with Crippen LogP contribution >= 0.6 is 22.9 Å². The Morgan fingerprint density at radius 2 is 2.10 bits per heavy atom. The number of amides is 1. The Kier molecular flexibility index (Phi) is 5.09. The number of nitrogens with one attached hydrogen (secondary N) is 1. The van der Waals surface area contributed by atoms with E-state index in [9.17, 15) is 9.18 Å². The van der Waals surface area contributed by atoms with Gasteiger partial charge in [0, 0.05) is 5.02 Å². The lowest BCUT2D eigenvalue weighted by molar-refractivity contribution is -0.123. The highest BCUT2D eigenvalue weighted by Crippen LogP contribution is 2.15. The summed E-state index contributed by atoms with van der Waals surface area (Å²) in [5.41, 5.74) is 2.29. The first-order valence-electron chi connectivity index (χ1n) is 5.59. The fraction of sp³-hybridized carbons (Fsp3) is 0.0769. The number of halogens is 2. The summed E-state index contributed by atoms with van der Waals surface area (Å²) in [7, 11) is 0. The molecule has 0 aliphatic rings. The number of nitrogens with zero attached hydrogens (tertiary/aromatic N) is 1. The summed E-state index contributed by atoms with van der Waals surface area (Å²) < 4.78 is 17.9. The average Bonchev–Trinajstić information content (AvgIpc) is 2.84. The molecule has 1 heterocycles. The zero-order valence-electron chi connectivity index (χ0n) is 10.2. The number of carbonyl (C=O) groups excluding carboxylic acids is 1. The molecule has 0 aliphatic heterocycles. The van der Waals surface area contributed by atoms with Crippen molar-refractivity contribution < 1.29 is 13.9 Å². The summed E-state index contributed by atoms with van der Waals surface area (Å²) in [5, 5.41) is 3.99. The highest BCUT2D eigenvalue weighted by Gasteiger charge is 2.01. The molecule has 0 bridgehead atoms. The van der Waals surface area contributed by atoms with Gasteiger partial charge < -0.3 is 4.74 Å². The van der Waals surface area contributed by atoms with E-state index in [-0.39, 0.29) is 11.7 Å². The maximum atomic E-state index is 12.7. The van der Waals surface area contributed by atoms with E-state index in [4.69, 9.17) is 16.3 Å². The highest BCUT2D eigenvalue weighted by atomic mass is 35.5. The Hall–Kier alpha value is -1.92. The normalized spacial score (nSPS) is 10.7. The molecule has 0 radical (unpaired) electrons. The van der Waals surface area contributed by atoms with Crippen LogP contribution in [0.1, 0.15) is 4.88 Å². The van der Waals surface area contributed by atoms with Gasteiger partial charge in [0.1, 0.15) is 5.75 Å². The molecule has 0 aliphatic carbocycles. The molecular formula is C13H10ClFN2O2S. The van der Waals surface area contributed by atoms with Gasteiger partial charge in [-0.2, -0.15) is 9.49 Å². The average molecular weight is 313 g/mol. The number of hydrazone groups is 1. The van der Waals surface area contributed by atoms with Crippen LogP contribution in [0.5, 0.6) is 5.75 Å². The van der Waals surface area contributed by atoms with E-state index in [0.29, 0.717) is 15.6 Å². The predicted octanol–water partition coefficient (Wildman–Crippen LogP) is 3.07. The van der Waals surface area contributed by atoms with Crippen molar-refractivity contribution in [2.45, 2.75) is 0 Å². The Labute approximate surface area is 123 Å². The molecule has 0 saturated carbocycles. The fourth-order valence-electron chi connectivity index (χ4n) is 1.28. The number of hydrogen-bond donors (Lipinski definition) is 1. The van der Waals surface area contributed by atoms with Crippen LogP contribution in [0.2, 0.25) is 5.02 Å². The molecular weight excluding hydrogens is 303 g/mol. The second-order valence-corrected chi connectivity index (χ2v) is 5.18. The predicted molar refractivity (Wildman–Crippen MR) is 77.0 cm³/mol. The Morgan fingerprint density at radius 3 is 2.75 bits per heavy atom. The summed E-state index contributed by atoms with van der Waals surface area (Å²) in [6, 6.07) is 9.55. The van der Waals surface area contributed by atoms with Crippen molar-refractivity contribution >= 4 is 35.1 Å². The van der Waals surface area contributed by atoms with Crippen molar-refractivity contribution in [3.63, 3.8) is 0 Å². The minimum Gasteiger partial charge on any atom is -0.484 e. The Balaban J connectivity index is 1.75. The molecule has 7 heteroatoms. The van der Waals surface area contributed by atoms with Crippen molar-refractivity contribution in [2.24, 2.45) is 5.10 Å². The summed E-state index contributed by atoms with van der Waals surface area (Å²) in [4.78, 5) is 12.0. The Morgan fingerprint density at radius 1 is 1.35 bits per heavy atom. The standard InChI is InChI=1S/C13H10ClFN2O2S/c14-9-1-3-10(4-2-9)19-8-13(18)17-16-7-11-5-6-12(15)20-11/h1-7H,8H2,(H,17,18)/b16-7+. The fourth-order valence-corrected chi connectivity index (χ4v) is 2.01. The first kappa shape index (κ1) is 14.5. The van der Waals surface area contributed by atoms with Gasteiger partial charge in [-0.05, 0) is 36.4 Å². The van der Waals surface area contributed by atoms with Crippen molar-refractivity contribution in [2.75, 3.05) is 6.61 Å². The number of ether oxygens (including phenoxy) is 1. The molecule has 0 spiro atoms. The molecule has 1 aromatic heterocycles. The van der Waals surface area contributed by atoms with Crippen LogP contribution in [0.15, 0.2) is 41.5 Å². The van der Waals surface area contributed by atoms with Gasteiger partial charge in [0.2, 0.25) is 0 Å². The molecule has 4 nitrogen and oxygen atoms in total. The van der Waals surface area contributed by atoms with Gasteiger partial charge in [-0.1, -0.05) is 11.6 Å². The summed E-state index contributed by atoms with van der Waals surface area (Å²) in [5.74, 6) is 0.127. The van der Waals surface area contributed by atoms with Gasteiger partial charge in [-0.25, -0.2) is 5.43 Å². The van der Waals surface area contributed by atoms with Gasteiger partial charge in [-0.15, -0.1) is 11.3 Å². The van der Waals surface area contributed by atoms with Gasteiger partial charge >= 0.3 is 0 Å². The molecule has 0 unspecified atom stereocenters. The van der Waals surface area contributed by atoms with Crippen LogP contribution in [-0.2, 0) is 4.79 Å². The van der Waals surface area contributed by atoms with E-state index < -0.39 is 5.91 Å². The molecule has 20 heavy (non-hydrogen) atoms. The first-order valence-corrected chi connectivity index (χ1v) is 6.78. The molecule has 2 aromatic rings. The lowest BCUT2D eigenvalue weighted by Crippen LogP contribution is -2.24. The van der Waals surface area contributed by atoms with E-state index in [2.05, 4.69) is 10.5 Å². The monoisotopic (exact) mass is 312 g/mol. The Bertz CT molecular complexity index is 613. The van der Waals surface area contributed by atoms with E-state index in [1.807, 2.05) is 0 Å². The number of thiophene rings is 1. The molecule has 1 aromatic carbocycles. The van der Waals surface area contributed by atoms with Gasteiger partial charge in [0.05, 0.1) is 11.1 Å². The van der Waals surface area contributed by atoms with Crippen molar-refractivity contribution in [3.05, 3.63) is 51.4 Å². The van der Waals surface area contributed by atoms with E-state index in [1.54, 1.807) is 30.3 Å². The molecule has 2 rings (SSSR count).